The Morgan fingerprint density at radius 3 is 1.84 bits per heavy atom. The largest absolute Gasteiger partial charge is 0.302 e. The number of hydrogen-bond acceptors (Lipinski definition) is 2. The smallest absolute Gasteiger partial charge is 0.137 e. The van der Waals surface area contributed by atoms with Gasteiger partial charge in [-0.1, -0.05) is 60.7 Å². The van der Waals surface area contributed by atoms with Gasteiger partial charge in [-0.15, -0.1) is 0 Å². The Labute approximate surface area is 113 Å². The van der Waals surface area contributed by atoms with Crippen LogP contribution in [0.15, 0.2) is 60.7 Å². The van der Waals surface area contributed by atoms with Crippen molar-refractivity contribution in [2.24, 2.45) is 0 Å². The van der Waals surface area contributed by atoms with Crippen molar-refractivity contribution in [3.8, 4) is 0 Å². The summed E-state index contributed by atoms with van der Waals surface area (Å²) in [5, 5.41) is 0. The molecule has 0 aromatic heterocycles. The summed E-state index contributed by atoms with van der Waals surface area (Å²) in [5.41, 5.74) is 0.860. The Bertz CT molecular complexity index is 524. The minimum atomic E-state index is -1.03. The molecule has 0 saturated carbocycles. The molecule has 2 heteroatoms. The molecule has 2 rings (SSSR count). The van der Waals surface area contributed by atoms with Crippen molar-refractivity contribution in [2.75, 3.05) is 0 Å². The summed E-state index contributed by atoms with van der Waals surface area (Å²) in [6.07, 6.45) is 2.72. The first kappa shape index (κ1) is 13.2. The fourth-order valence-corrected chi connectivity index (χ4v) is 2.17. The third kappa shape index (κ3) is 2.97. The van der Waals surface area contributed by atoms with E-state index in [1.54, 1.807) is 0 Å². The molecule has 19 heavy (non-hydrogen) atoms. The summed E-state index contributed by atoms with van der Waals surface area (Å²) >= 11 is 0. The van der Waals surface area contributed by atoms with Gasteiger partial charge in [-0.3, -0.25) is 0 Å². The molecule has 0 bridgehead atoms. The highest BCUT2D eigenvalue weighted by Gasteiger charge is 2.31. The molecule has 0 aliphatic rings. The second-order valence-electron chi connectivity index (χ2n) is 4.63. The minimum absolute atomic E-state index is 0.494. The third-order valence-corrected chi connectivity index (χ3v) is 3.40. The van der Waals surface area contributed by atoms with Crippen molar-refractivity contribution in [1.29, 1.82) is 0 Å². The van der Waals surface area contributed by atoms with E-state index < -0.39 is 5.41 Å². The van der Waals surface area contributed by atoms with Crippen LogP contribution in [0, 0.1) is 0 Å². The molecule has 0 saturated heterocycles. The summed E-state index contributed by atoms with van der Waals surface area (Å²) in [6, 6.07) is 19.1. The molecule has 0 aliphatic heterocycles. The van der Waals surface area contributed by atoms with E-state index in [2.05, 4.69) is 0 Å². The number of benzene rings is 2. The van der Waals surface area contributed by atoms with Crippen LogP contribution in [-0.4, -0.2) is 12.6 Å². The van der Waals surface area contributed by atoms with Crippen molar-refractivity contribution in [2.45, 2.75) is 18.3 Å². The Balaban J connectivity index is 2.21. The van der Waals surface area contributed by atoms with Crippen LogP contribution in [0.4, 0.5) is 0 Å². The number of hydrogen-bond donors (Lipinski definition) is 0. The highest BCUT2D eigenvalue weighted by molar-refractivity contribution is 5.91. The maximum Gasteiger partial charge on any atom is 0.137 e. The number of carbonyl (C=O) groups excluding carboxylic acids is 2. The molecule has 2 aromatic rings. The molecule has 0 heterocycles. The number of aldehydes is 2. The van der Waals surface area contributed by atoms with E-state index in [1.165, 1.54) is 0 Å². The van der Waals surface area contributed by atoms with Gasteiger partial charge in [-0.25, -0.2) is 0 Å². The van der Waals surface area contributed by atoms with Crippen LogP contribution in [0.1, 0.15) is 17.5 Å². The molecule has 0 aliphatic carbocycles. The standard InChI is InChI=1S/C17H16O2/c18-13-17(14-19,16-9-5-2-6-10-16)12-11-15-7-3-1-4-8-15/h1-10,13-14H,11-12H2. The molecule has 2 nitrogen and oxygen atoms in total. The summed E-state index contributed by atoms with van der Waals surface area (Å²) in [7, 11) is 0. The molecule has 2 aromatic carbocycles. The lowest BCUT2D eigenvalue weighted by atomic mass is 9.78. The SMILES string of the molecule is O=CC(C=O)(CCc1ccccc1)c1ccccc1. The predicted octanol–water partition coefficient (Wildman–Crippen LogP) is 2.96. The normalized spacial score (nSPS) is 10.9. The first-order valence-corrected chi connectivity index (χ1v) is 6.33. The monoisotopic (exact) mass is 252 g/mol. The highest BCUT2D eigenvalue weighted by atomic mass is 16.1. The van der Waals surface area contributed by atoms with Gasteiger partial charge in [0.2, 0.25) is 0 Å². The highest BCUT2D eigenvalue weighted by Crippen LogP contribution is 2.25. The topological polar surface area (TPSA) is 34.1 Å². The van der Waals surface area contributed by atoms with Crippen molar-refractivity contribution in [3.63, 3.8) is 0 Å². The molecular weight excluding hydrogens is 236 g/mol. The Morgan fingerprint density at radius 1 is 0.789 bits per heavy atom. The molecule has 0 amide bonds. The fraction of sp³-hybridized carbons (Fsp3) is 0.176. The van der Waals surface area contributed by atoms with Crippen molar-refractivity contribution in [1.82, 2.24) is 0 Å². The average molecular weight is 252 g/mol. The van der Waals surface area contributed by atoms with Gasteiger partial charge in [-0.2, -0.15) is 0 Å². The van der Waals surface area contributed by atoms with Gasteiger partial charge in [0, 0.05) is 0 Å². The van der Waals surface area contributed by atoms with Crippen LogP contribution in [0.25, 0.3) is 0 Å². The maximum absolute atomic E-state index is 11.4. The van der Waals surface area contributed by atoms with Gasteiger partial charge < -0.3 is 9.59 Å². The van der Waals surface area contributed by atoms with E-state index in [9.17, 15) is 9.59 Å². The summed E-state index contributed by atoms with van der Waals surface area (Å²) in [6.45, 7) is 0. The van der Waals surface area contributed by atoms with Crippen molar-refractivity contribution >= 4 is 12.6 Å². The number of rotatable bonds is 6. The van der Waals surface area contributed by atoms with E-state index in [1.807, 2.05) is 60.7 Å². The quantitative estimate of drug-likeness (QED) is 0.585. The molecule has 0 unspecified atom stereocenters. The van der Waals surface area contributed by atoms with Gasteiger partial charge in [0.05, 0.1) is 0 Å². The molecule has 0 spiro atoms. The summed E-state index contributed by atoms with van der Waals surface area (Å²) in [4.78, 5) is 22.9. The van der Waals surface area contributed by atoms with Gasteiger partial charge in [0.25, 0.3) is 0 Å². The molecule has 0 N–H and O–H groups in total. The molecule has 0 radical (unpaired) electrons. The number of aryl methyl sites for hydroxylation is 1. The van der Waals surface area contributed by atoms with Crippen molar-refractivity contribution < 1.29 is 9.59 Å². The average Bonchev–Trinajstić information content (AvgIpc) is 2.51. The van der Waals surface area contributed by atoms with Gasteiger partial charge in [-0.05, 0) is 24.0 Å². The lowest BCUT2D eigenvalue weighted by Gasteiger charge is -2.22. The van der Waals surface area contributed by atoms with E-state index in [0.717, 1.165) is 23.7 Å². The Kier molecular flexibility index (Phi) is 4.24. The van der Waals surface area contributed by atoms with E-state index in [4.69, 9.17) is 0 Å². The maximum atomic E-state index is 11.4. The van der Waals surface area contributed by atoms with E-state index in [0.29, 0.717) is 12.8 Å². The van der Waals surface area contributed by atoms with Crippen LogP contribution in [0.2, 0.25) is 0 Å². The zero-order valence-corrected chi connectivity index (χ0v) is 10.7. The van der Waals surface area contributed by atoms with Crippen molar-refractivity contribution in [3.05, 3.63) is 71.8 Å². The number of carbonyl (C=O) groups is 2. The second kappa shape index (κ2) is 6.10. The van der Waals surface area contributed by atoms with Crippen LogP contribution in [0.5, 0.6) is 0 Å². The fourth-order valence-electron chi connectivity index (χ4n) is 2.17. The lowest BCUT2D eigenvalue weighted by molar-refractivity contribution is -0.121. The second-order valence-corrected chi connectivity index (χ2v) is 4.63. The molecular formula is C17H16O2. The van der Waals surface area contributed by atoms with Gasteiger partial charge in [0.1, 0.15) is 18.0 Å². The first-order chi connectivity index (χ1) is 9.30. The first-order valence-electron chi connectivity index (χ1n) is 6.33. The minimum Gasteiger partial charge on any atom is -0.302 e. The Morgan fingerprint density at radius 2 is 1.32 bits per heavy atom. The van der Waals surface area contributed by atoms with Crippen LogP contribution < -0.4 is 0 Å². The third-order valence-electron chi connectivity index (χ3n) is 3.40. The molecule has 0 fully saturated rings. The molecule has 0 atom stereocenters. The Hall–Kier alpha value is -2.22. The van der Waals surface area contributed by atoms with Crippen LogP contribution in [-0.2, 0) is 21.4 Å². The van der Waals surface area contributed by atoms with E-state index in [-0.39, 0.29) is 0 Å². The summed E-state index contributed by atoms with van der Waals surface area (Å²) in [5.74, 6) is 0. The summed E-state index contributed by atoms with van der Waals surface area (Å²) < 4.78 is 0. The van der Waals surface area contributed by atoms with E-state index >= 15 is 0 Å². The van der Waals surface area contributed by atoms with Crippen LogP contribution >= 0.6 is 0 Å². The van der Waals surface area contributed by atoms with Gasteiger partial charge in [0.15, 0.2) is 0 Å². The zero-order valence-electron chi connectivity index (χ0n) is 10.7. The molecule has 96 valence electrons. The zero-order chi connectivity index (χ0) is 13.6. The van der Waals surface area contributed by atoms with Gasteiger partial charge >= 0.3 is 0 Å². The lowest BCUT2D eigenvalue weighted by Crippen LogP contribution is -2.30. The van der Waals surface area contributed by atoms with Crippen LogP contribution in [0.3, 0.4) is 0 Å². The predicted molar refractivity (Wildman–Crippen MR) is 75.0 cm³/mol.